The summed E-state index contributed by atoms with van der Waals surface area (Å²) in [6.07, 6.45) is 2.74. The minimum atomic E-state index is -0.0566. The molecule has 0 unspecified atom stereocenters. The molecule has 0 atom stereocenters. The van der Waals surface area contributed by atoms with Gasteiger partial charge in [-0.15, -0.1) is 11.3 Å². The maximum atomic E-state index is 11.5. The lowest BCUT2D eigenvalue weighted by atomic mass is 9.85. The van der Waals surface area contributed by atoms with E-state index in [2.05, 4.69) is 31.8 Å². The lowest BCUT2D eigenvalue weighted by molar-refractivity contribution is 0.111. The van der Waals surface area contributed by atoms with Crippen LogP contribution in [0.4, 0.5) is 0 Å². The van der Waals surface area contributed by atoms with Crippen molar-refractivity contribution in [3.8, 4) is 17.0 Å². The second kappa shape index (κ2) is 5.81. The third-order valence-electron chi connectivity index (χ3n) is 3.77. The first kappa shape index (κ1) is 15.7. The maximum absolute atomic E-state index is 11.5. The Balaban J connectivity index is 2.19. The highest BCUT2D eigenvalue weighted by Crippen LogP contribution is 2.36. The molecule has 0 radical (unpaired) electrons. The SMILES string of the molecule is CCOc1ccc(-c2nc3sccn3c2C=O)cc1C(C)(C)C. The Morgan fingerprint density at radius 1 is 1.35 bits per heavy atom. The largest absolute Gasteiger partial charge is 0.494 e. The van der Waals surface area contributed by atoms with Crippen LogP contribution in [0.3, 0.4) is 0 Å². The number of aromatic nitrogens is 2. The monoisotopic (exact) mass is 328 g/mol. The van der Waals surface area contributed by atoms with Crippen LogP contribution in [-0.2, 0) is 5.41 Å². The number of ether oxygens (including phenoxy) is 1. The van der Waals surface area contributed by atoms with Crippen molar-refractivity contribution in [1.29, 1.82) is 0 Å². The molecule has 0 spiro atoms. The van der Waals surface area contributed by atoms with Crippen LogP contribution in [0.2, 0.25) is 0 Å². The van der Waals surface area contributed by atoms with Gasteiger partial charge in [0.2, 0.25) is 0 Å². The van der Waals surface area contributed by atoms with Gasteiger partial charge in [0, 0.05) is 22.7 Å². The summed E-state index contributed by atoms with van der Waals surface area (Å²) in [7, 11) is 0. The van der Waals surface area contributed by atoms with Gasteiger partial charge in [-0.25, -0.2) is 4.98 Å². The van der Waals surface area contributed by atoms with Gasteiger partial charge in [0.25, 0.3) is 0 Å². The Morgan fingerprint density at radius 3 is 2.78 bits per heavy atom. The van der Waals surface area contributed by atoms with E-state index in [1.165, 1.54) is 11.3 Å². The van der Waals surface area contributed by atoms with Gasteiger partial charge < -0.3 is 4.74 Å². The molecule has 4 nitrogen and oxygen atoms in total. The molecular formula is C18H20N2O2S. The standard InChI is InChI=1S/C18H20N2O2S/c1-5-22-15-7-6-12(10-13(15)18(2,3)4)16-14(11-21)20-8-9-23-17(20)19-16/h6-11H,5H2,1-4H3. The molecule has 2 heterocycles. The van der Waals surface area contributed by atoms with Crippen molar-refractivity contribution in [3.05, 3.63) is 41.0 Å². The number of rotatable bonds is 4. The highest BCUT2D eigenvalue weighted by Gasteiger charge is 2.22. The van der Waals surface area contributed by atoms with E-state index in [-0.39, 0.29) is 5.41 Å². The van der Waals surface area contributed by atoms with Crippen molar-refractivity contribution in [2.45, 2.75) is 33.1 Å². The van der Waals surface area contributed by atoms with Gasteiger partial charge >= 0.3 is 0 Å². The zero-order chi connectivity index (χ0) is 16.6. The van der Waals surface area contributed by atoms with Crippen LogP contribution in [0.15, 0.2) is 29.8 Å². The normalized spacial score (nSPS) is 11.8. The van der Waals surface area contributed by atoms with E-state index < -0.39 is 0 Å². The summed E-state index contributed by atoms with van der Waals surface area (Å²) in [5.41, 5.74) is 3.31. The second-order valence-electron chi connectivity index (χ2n) is 6.41. The molecule has 5 heteroatoms. The van der Waals surface area contributed by atoms with Crippen LogP contribution in [0, 0.1) is 0 Å². The minimum absolute atomic E-state index is 0.0566. The summed E-state index contributed by atoms with van der Waals surface area (Å²) in [5, 5.41) is 1.93. The van der Waals surface area contributed by atoms with E-state index in [1.54, 1.807) is 0 Å². The van der Waals surface area contributed by atoms with Crippen molar-refractivity contribution in [2.75, 3.05) is 6.61 Å². The lowest BCUT2D eigenvalue weighted by Gasteiger charge is -2.23. The molecule has 0 fully saturated rings. The Kier molecular flexibility index (Phi) is 3.98. The van der Waals surface area contributed by atoms with Crippen LogP contribution >= 0.6 is 11.3 Å². The van der Waals surface area contributed by atoms with E-state index in [0.717, 1.165) is 33.8 Å². The smallest absolute Gasteiger partial charge is 0.194 e. The topological polar surface area (TPSA) is 43.6 Å². The predicted octanol–water partition coefficient (Wildman–Crippen LogP) is 4.57. The molecule has 0 aliphatic rings. The number of imidazole rings is 1. The molecule has 120 valence electrons. The van der Waals surface area contributed by atoms with Gasteiger partial charge in [-0.05, 0) is 30.5 Å². The van der Waals surface area contributed by atoms with E-state index in [1.807, 2.05) is 35.0 Å². The average Bonchev–Trinajstić information content (AvgIpc) is 3.07. The van der Waals surface area contributed by atoms with Crippen LogP contribution < -0.4 is 4.74 Å². The fraction of sp³-hybridized carbons (Fsp3) is 0.333. The van der Waals surface area contributed by atoms with Crippen molar-refractivity contribution in [3.63, 3.8) is 0 Å². The van der Waals surface area contributed by atoms with Gasteiger partial charge in [-0.3, -0.25) is 9.20 Å². The number of hydrogen-bond acceptors (Lipinski definition) is 4. The molecule has 0 aliphatic heterocycles. The summed E-state index contributed by atoms with van der Waals surface area (Å²) in [6.45, 7) is 9.07. The fourth-order valence-corrected chi connectivity index (χ4v) is 3.39. The molecule has 0 saturated carbocycles. The first-order valence-electron chi connectivity index (χ1n) is 7.64. The third kappa shape index (κ3) is 2.77. The van der Waals surface area contributed by atoms with Gasteiger partial charge in [-0.1, -0.05) is 20.8 Å². The molecule has 0 saturated heterocycles. The summed E-state index contributed by atoms with van der Waals surface area (Å²) in [4.78, 5) is 17.0. The Labute approximate surface area is 139 Å². The summed E-state index contributed by atoms with van der Waals surface area (Å²) in [6, 6.07) is 6.03. The second-order valence-corrected chi connectivity index (χ2v) is 7.29. The molecule has 0 N–H and O–H groups in total. The van der Waals surface area contributed by atoms with Gasteiger partial charge in [0.05, 0.1) is 6.61 Å². The van der Waals surface area contributed by atoms with Gasteiger partial charge in [-0.2, -0.15) is 0 Å². The van der Waals surface area contributed by atoms with Crippen molar-refractivity contribution in [1.82, 2.24) is 9.38 Å². The maximum Gasteiger partial charge on any atom is 0.194 e. The zero-order valence-electron chi connectivity index (χ0n) is 13.8. The van der Waals surface area contributed by atoms with Gasteiger partial charge in [0.15, 0.2) is 11.2 Å². The van der Waals surface area contributed by atoms with E-state index in [0.29, 0.717) is 12.3 Å². The fourth-order valence-electron chi connectivity index (χ4n) is 2.67. The molecule has 3 rings (SSSR count). The van der Waals surface area contributed by atoms with Crippen LogP contribution in [0.5, 0.6) is 5.75 Å². The number of benzene rings is 1. The average molecular weight is 328 g/mol. The Hall–Kier alpha value is -2.14. The van der Waals surface area contributed by atoms with Crippen LogP contribution in [-0.4, -0.2) is 22.3 Å². The number of hydrogen-bond donors (Lipinski definition) is 0. The zero-order valence-corrected chi connectivity index (χ0v) is 14.6. The van der Waals surface area contributed by atoms with E-state index in [4.69, 9.17) is 4.74 Å². The molecule has 3 aromatic rings. The van der Waals surface area contributed by atoms with Crippen LogP contribution in [0.25, 0.3) is 16.2 Å². The quantitative estimate of drug-likeness (QED) is 0.659. The molecule has 0 amide bonds. The molecular weight excluding hydrogens is 308 g/mol. The highest BCUT2D eigenvalue weighted by atomic mass is 32.1. The number of aldehydes is 1. The van der Waals surface area contributed by atoms with Crippen molar-refractivity contribution < 1.29 is 9.53 Å². The number of fused-ring (bicyclic) bond motifs is 1. The summed E-state index contributed by atoms with van der Waals surface area (Å²) >= 11 is 1.52. The van der Waals surface area contributed by atoms with Crippen molar-refractivity contribution in [2.24, 2.45) is 0 Å². The first-order chi connectivity index (χ1) is 11.0. The number of nitrogens with zero attached hydrogens (tertiary/aromatic N) is 2. The molecule has 0 aliphatic carbocycles. The first-order valence-corrected chi connectivity index (χ1v) is 8.52. The predicted molar refractivity (Wildman–Crippen MR) is 93.8 cm³/mol. The molecule has 2 aromatic heterocycles. The third-order valence-corrected chi connectivity index (χ3v) is 4.53. The van der Waals surface area contributed by atoms with Crippen LogP contribution in [0.1, 0.15) is 43.7 Å². The number of carbonyl (C=O) groups excluding carboxylic acids is 1. The highest BCUT2D eigenvalue weighted by molar-refractivity contribution is 7.15. The molecule has 1 aromatic carbocycles. The Bertz CT molecular complexity index is 856. The molecule has 0 bridgehead atoms. The minimum Gasteiger partial charge on any atom is -0.494 e. The van der Waals surface area contributed by atoms with E-state index in [9.17, 15) is 4.79 Å². The van der Waals surface area contributed by atoms with Gasteiger partial charge in [0.1, 0.15) is 17.1 Å². The molecule has 23 heavy (non-hydrogen) atoms. The summed E-state index contributed by atoms with van der Waals surface area (Å²) in [5.74, 6) is 0.887. The Morgan fingerprint density at radius 2 is 2.13 bits per heavy atom. The van der Waals surface area contributed by atoms with Crippen molar-refractivity contribution >= 4 is 22.6 Å². The number of thiazole rings is 1. The van der Waals surface area contributed by atoms with E-state index >= 15 is 0 Å². The lowest BCUT2D eigenvalue weighted by Crippen LogP contribution is -2.13. The summed E-state index contributed by atoms with van der Waals surface area (Å²) < 4.78 is 7.60. The number of carbonyl (C=O) groups is 1.